The fourth-order valence-electron chi connectivity index (χ4n) is 1.60. The van der Waals surface area contributed by atoms with E-state index in [-0.39, 0.29) is 17.2 Å². The maximum Gasteiger partial charge on any atom is 0.312 e. The van der Waals surface area contributed by atoms with Crippen LogP contribution in [0.4, 0.5) is 0 Å². The minimum atomic E-state index is -3.79. The largest absolute Gasteiger partial charge is 0.408 e. The van der Waals surface area contributed by atoms with E-state index in [0.717, 1.165) is 10.7 Å². The molecule has 21 heavy (non-hydrogen) atoms. The highest BCUT2D eigenvalue weighted by atomic mass is 32.2. The number of aromatic amines is 1. The van der Waals surface area contributed by atoms with Crippen molar-refractivity contribution in [3.63, 3.8) is 0 Å². The van der Waals surface area contributed by atoms with Crippen LogP contribution in [0.5, 0.6) is 5.88 Å². The van der Waals surface area contributed by atoms with E-state index in [1.54, 1.807) is 6.92 Å². The molecule has 0 bridgehead atoms. The third kappa shape index (κ3) is 3.38. The van der Waals surface area contributed by atoms with Gasteiger partial charge in [0.1, 0.15) is 0 Å². The minimum Gasteiger partial charge on any atom is -0.408 e. The molecule has 0 saturated heterocycles. The minimum absolute atomic E-state index is 0.0161. The average molecular weight is 311 g/mol. The van der Waals surface area contributed by atoms with Gasteiger partial charge in [0.15, 0.2) is 0 Å². The van der Waals surface area contributed by atoms with Gasteiger partial charge in [-0.1, -0.05) is 6.92 Å². The Morgan fingerprint density at radius 2 is 1.95 bits per heavy atom. The van der Waals surface area contributed by atoms with Crippen LogP contribution in [0.25, 0.3) is 5.69 Å². The summed E-state index contributed by atoms with van der Waals surface area (Å²) in [5.41, 5.74) is -0.0662. The standard InChI is InChI=1S/C12H13N3O5S/c1-2-12(17)20-10-7-11(16)15(14-10)8-3-5-9(6-4-8)21(13,18)19/h3-7,14H,2H2,1H3,(H2,13,18,19). The summed E-state index contributed by atoms with van der Waals surface area (Å²) in [5.74, 6) is -0.463. The molecule has 0 aliphatic carbocycles. The summed E-state index contributed by atoms with van der Waals surface area (Å²) in [6.07, 6.45) is 0.177. The predicted molar refractivity (Wildman–Crippen MR) is 73.7 cm³/mol. The van der Waals surface area contributed by atoms with E-state index in [9.17, 15) is 18.0 Å². The molecule has 0 unspecified atom stereocenters. The van der Waals surface area contributed by atoms with Gasteiger partial charge in [-0.2, -0.15) is 0 Å². The number of primary sulfonamides is 1. The first-order valence-electron chi connectivity index (χ1n) is 5.97. The Bertz CT molecular complexity index is 817. The lowest BCUT2D eigenvalue weighted by Gasteiger charge is -2.03. The molecule has 1 aromatic heterocycles. The second-order valence-electron chi connectivity index (χ2n) is 4.16. The number of aromatic nitrogens is 2. The lowest BCUT2D eigenvalue weighted by atomic mass is 10.3. The quantitative estimate of drug-likeness (QED) is 0.776. The molecule has 2 rings (SSSR count). The van der Waals surface area contributed by atoms with Gasteiger partial charge in [-0.15, -0.1) is 0 Å². The monoisotopic (exact) mass is 311 g/mol. The number of nitrogens with two attached hydrogens (primary N) is 1. The maximum absolute atomic E-state index is 11.8. The average Bonchev–Trinajstić information content (AvgIpc) is 2.78. The molecule has 0 fully saturated rings. The van der Waals surface area contributed by atoms with Crippen molar-refractivity contribution in [3.8, 4) is 11.6 Å². The van der Waals surface area contributed by atoms with Gasteiger partial charge in [0, 0.05) is 6.42 Å². The SMILES string of the molecule is CCC(=O)Oc1cc(=O)n(-c2ccc(S(N)(=O)=O)cc2)[nH]1. The summed E-state index contributed by atoms with van der Waals surface area (Å²) in [7, 11) is -3.79. The van der Waals surface area contributed by atoms with Crippen LogP contribution in [0.3, 0.4) is 0 Å². The molecule has 3 N–H and O–H groups in total. The number of carbonyl (C=O) groups excluding carboxylic acids is 1. The Hall–Kier alpha value is -2.39. The van der Waals surface area contributed by atoms with Gasteiger partial charge in [0.05, 0.1) is 16.6 Å². The first-order chi connectivity index (χ1) is 9.81. The van der Waals surface area contributed by atoms with Crippen molar-refractivity contribution < 1.29 is 17.9 Å². The predicted octanol–water partition coefficient (Wildman–Crippen LogP) is 0.128. The van der Waals surface area contributed by atoms with Crippen LogP contribution in [0.1, 0.15) is 13.3 Å². The molecule has 0 spiro atoms. The Morgan fingerprint density at radius 3 is 2.48 bits per heavy atom. The van der Waals surface area contributed by atoms with Crippen molar-refractivity contribution in [1.29, 1.82) is 0 Å². The number of rotatable bonds is 4. The first-order valence-corrected chi connectivity index (χ1v) is 7.52. The molecule has 0 atom stereocenters. The van der Waals surface area contributed by atoms with E-state index in [4.69, 9.17) is 9.88 Å². The third-order valence-electron chi connectivity index (χ3n) is 2.63. The first kappa shape index (κ1) is 15.0. The molecule has 1 heterocycles. The Morgan fingerprint density at radius 1 is 1.33 bits per heavy atom. The van der Waals surface area contributed by atoms with Gasteiger partial charge in [0.25, 0.3) is 5.56 Å². The highest BCUT2D eigenvalue weighted by Gasteiger charge is 2.11. The van der Waals surface area contributed by atoms with E-state index in [1.165, 1.54) is 24.3 Å². The molecular formula is C12H13N3O5S. The van der Waals surface area contributed by atoms with E-state index in [0.29, 0.717) is 5.69 Å². The van der Waals surface area contributed by atoms with Gasteiger partial charge >= 0.3 is 5.97 Å². The fraction of sp³-hybridized carbons (Fsp3) is 0.167. The number of hydrogen-bond donors (Lipinski definition) is 2. The zero-order chi connectivity index (χ0) is 15.6. The van der Waals surface area contributed by atoms with E-state index >= 15 is 0 Å². The molecule has 0 aliphatic rings. The van der Waals surface area contributed by atoms with Gasteiger partial charge in [-0.05, 0) is 24.3 Å². The topological polar surface area (TPSA) is 124 Å². The summed E-state index contributed by atoms with van der Waals surface area (Å²) in [5, 5.41) is 7.59. The number of nitrogens with one attached hydrogen (secondary N) is 1. The number of benzene rings is 1. The Labute approximate surface area is 120 Å². The van der Waals surface area contributed by atoms with E-state index < -0.39 is 21.6 Å². The molecule has 0 amide bonds. The van der Waals surface area contributed by atoms with Crippen LogP contribution in [-0.2, 0) is 14.8 Å². The highest BCUT2D eigenvalue weighted by Crippen LogP contribution is 2.12. The number of esters is 1. The molecule has 8 nitrogen and oxygen atoms in total. The van der Waals surface area contributed by atoms with Crippen molar-refractivity contribution in [2.75, 3.05) is 0 Å². The summed E-state index contributed by atoms with van der Waals surface area (Å²) >= 11 is 0. The summed E-state index contributed by atoms with van der Waals surface area (Å²) in [6.45, 7) is 1.63. The van der Waals surface area contributed by atoms with Crippen molar-refractivity contribution in [2.24, 2.45) is 5.14 Å². The molecule has 0 saturated carbocycles. The molecule has 0 aliphatic heterocycles. The van der Waals surface area contributed by atoms with Gasteiger partial charge < -0.3 is 4.74 Å². The number of H-pyrrole nitrogens is 1. The lowest BCUT2D eigenvalue weighted by molar-refractivity contribution is -0.134. The number of ether oxygens (including phenoxy) is 1. The summed E-state index contributed by atoms with van der Waals surface area (Å²) < 4.78 is 28.3. The lowest BCUT2D eigenvalue weighted by Crippen LogP contribution is -2.15. The fourth-order valence-corrected chi connectivity index (χ4v) is 2.11. The molecular weight excluding hydrogens is 298 g/mol. The maximum atomic E-state index is 11.8. The molecule has 0 radical (unpaired) electrons. The zero-order valence-corrected chi connectivity index (χ0v) is 11.9. The van der Waals surface area contributed by atoms with Crippen molar-refractivity contribution in [1.82, 2.24) is 9.78 Å². The second-order valence-corrected chi connectivity index (χ2v) is 5.72. The normalized spacial score (nSPS) is 11.3. The van der Waals surface area contributed by atoms with Crippen molar-refractivity contribution >= 4 is 16.0 Å². The summed E-state index contributed by atoms with van der Waals surface area (Å²) in [6, 6.07) is 6.48. The van der Waals surface area contributed by atoms with Crippen LogP contribution in [0.15, 0.2) is 40.0 Å². The van der Waals surface area contributed by atoms with Crippen molar-refractivity contribution in [3.05, 3.63) is 40.7 Å². The van der Waals surface area contributed by atoms with Crippen molar-refractivity contribution in [2.45, 2.75) is 18.2 Å². The van der Waals surface area contributed by atoms with Gasteiger partial charge in [0.2, 0.25) is 15.9 Å². The summed E-state index contributed by atoms with van der Waals surface area (Å²) in [4.78, 5) is 22.9. The van der Waals surface area contributed by atoms with Crippen LogP contribution < -0.4 is 15.4 Å². The molecule has 1 aromatic carbocycles. The van der Waals surface area contributed by atoms with Crippen LogP contribution in [-0.4, -0.2) is 24.2 Å². The number of nitrogens with zero attached hydrogens (tertiary/aromatic N) is 1. The Kier molecular flexibility index (Phi) is 3.96. The Balaban J connectivity index is 2.34. The molecule has 112 valence electrons. The van der Waals surface area contributed by atoms with Gasteiger partial charge in [-0.3, -0.25) is 14.7 Å². The smallest absolute Gasteiger partial charge is 0.312 e. The third-order valence-corrected chi connectivity index (χ3v) is 3.56. The number of hydrogen-bond acceptors (Lipinski definition) is 5. The molecule has 2 aromatic rings. The van der Waals surface area contributed by atoms with Gasteiger partial charge in [-0.25, -0.2) is 18.2 Å². The number of sulfonamides is 1. The van der Waals surface area contributed by atoms with E-state index in [1.807, 2.05) is 0 Å². The number of carbonyl (C=O) groups is 1. The van der Waals surface area contributed by atoms with Crippen LogP contribution in [0.2, 0.25) is 0 Å². The molecule has 9 heteroatoms. The zero-order valence-electron chi connectivity index (χ0n) is 11.1. The van der Waals surface area contributed by atoms with Crippen LogP contribution in [0, 0.1) is 0 Å². The van der Waals surface area contributed by atoms with E-state index in [2.05, 4.69) is 5.10 Å². The van der Waals surface area contributed by atoms with Crippen LogP contribution >= 0.6 is 0 Å². The second kappa shape index (κ2) is 5.54. The highest BCUT2D eigenvalue weighted by molar-refractivity contribution is 7.89.